The van der Waals surface area contributed by atoms with Crippen LogP contribution >= 0.6 is 0 Å². The summed E-state index contributed by atoms with van der Waals surface area (Å²) in [5.41, 5.74) is 0.626. The number of likely N-dealkylation sites (N-methyl/N-ethyl adjacent to an activating group) is 2. The van der Waals surface area contributed by atoms with E-state index in [1.807, 2.05) is 0 Å². The monoisotopic (exact) mass is 263 g/mol. The minimum absolute atomic E-state index is 0.124. The summed E-state index contributed by atoms with van der Waals surface area (Å²) in [5, 5.41) is 0. The number of pyridine rings is 1. The van der Waals surface area contributed by atoms with Gasteiger partial charge in [-0.15, -0.1) is 0 Å². The second kappa shape index (κ2) is 6.12. The lowest BCUT2D eigenvalue weighted by Gasteiger charge is -2.37. The van der Waals surface area contributed by atoms with E-state index in [1.165, 1.54) is 0 Å². The summed E-state index contributed by atoms with van der Waals surface area (Å²) in [6, 6.07) is 2.03. The zero-order chi connectivity index (χ0) is 13.8. The van der Waals surface area contributed by atoms with Gasteiger partial charge in [-0.1, -0.05) is 0 Å². The Morgan fingerprint density at radius 1 is 1.42 bits per heavy atom. The number of rotatable bonds is 4. The first-order valence-electron chi connectivity index (χ1n) is 6.51. The van der Waals surface area contributed by atoms with Crippen LogP contribution in [0.25, 0.3) is 0 Å². The van der Waals surface area contributed by atoms with Gasteiger partial charge in [0.15, 0.2) is 5.78 Å². The van der Waals surface area contributed by atoms with Crippen LogP contribution in [-0.2, 0) is 0 Å². The Morgan fingerprint density at radius 3 is 2.95 bits per heavy atom. The number of hydrogen-bond donors (Lipinski definition) is 0. The Hall–Kier alpha value is -1.46. The molecule has 104 valence electrons. The SMILES string of the molecule is COc1cncc(C(=O)CC2CN(C)CCN2C)c1. The molecule has 2 heterocycles. The molecule has 0 aliphatic carbocycles. The van der Waals surface area contributed by atoms with E-state index in [9.17, 15) is 4.79 Å². The fraction of sp³-hybridized carbons (Fsp3) is 0.571. The second-order valence-corrected chi connectivity index (χ2v) is 5.14. The fourth-order valence-corrected chi connectivity index (χ4v) is 2.34. The normalized spacial score (nSPS) is 21.3. The summed E-state index contributed by atoms with van der Waals surface area (Å²) < 4.78 is 5.10. The molecule has 19 heavy (non-hydrogen) atoms. The third kappa shape index (κ3) is 3.52. The van der Waals surface area contributed by atoms with Gasteiger partial charge in [-0.05, 0) is 20.2 Å². The molecule has 0 radical (unpaired) electrons. The Labute approximate surface area is 114 Å². The van der Waals surface area contributed by atoms with Crippen LogP contribution in [0.2, 0.25) is 0 Å². The number of nitrogens with zero attached hydrogens (tertiary/aromatic N) is 3. The summed E-state index contributed by atoms with van der Waals surface area (Å²) >= 11 is 0. The standard InChI is InChI=1S/C14H21N3O2/c1-16-4-5-17(2)12(10-16)7-14(18)11-6-13(19-3)9-15-8-11/h6,8-9,12H,4-5,7,10H2,1-3H3. The first-order valence-corrected chi connectivity index (χ1v) is 6.51. The van der Waals surface area contributed by atoms with Crippen LogP contribution in [0.4, 0.5) is 0 Å². The molecule has 1 unspecified atom stereocenters. The molecule has 0 N–H and O–H groups in total. The quantitative estimate of drug-likeness (QED) is 0.756. The molecule has 1 fully saturated rings. The van der Waals surface area contributed by atoms with Crippen molar-refractivity contribution in [1.29, 1.82) is 0 Å². The maximum Gasteiger partial charge on any atom is 0.166 e. The van der Waals surface area contributed by atoms with Gasteiger partial charge >= 0.3 is 0 Å². The topological polar surface area (TPSA) is 45.7 Å². The van der Waals surface area contributed by atoms with Gasteiger partial charge < -0.3 is 14.5 Å². The molecule has 1 aromatic heterocycles. The average molecular weight is 263 g/mol. The van der Waals surface area contributed by atoms with Gasteiger partial charge in [0.1, 0.15) is 5.75 Å². The number of aromatic nitrogens is 1. The maximum absolute atomic E-state index is 12.3. The highest BCUT2D eigenvalue weighted by Crippen LogP contribution is 2.16. The number of hydrogen-bond acceptors (Lipinski definition) is 5. The summed E-state index contributed by atoms with van der Waals surface area (Å²) in [7, 11) is 5.75. The van der Waals surface area contributed by atoms with Gasteiger partial charge in [0.25, 0.3) is 0 Å². The lowest BCUT2D eigenvalue weighted by Crippen LogP contribution is -2.50. The van der Waals surface area contributed by atoms with Crippen molar-refractivity contribution in [3.8, 4) is 5.75 Å². The average Bonchev–Trinajstić information content (AvgIpc) is 2.43. The lowest BCUT2D eigenvalue weighted by molar-refractivity contribution is 0.0809. The molecule has 5 heteroatoms. The van der Waals surface area contributed by atoms with E-state index in [0.29, 0.717) is 17.7 Å². The summed E-state index contributed by atoms with van der Waals surface area (Å²) in [5.74, 6) is 0.749. The predicted octanol–water partition coefficient (Wildman–Crippen LogP) is 0.909. The van der Waals surface area contributed by atoms with Gasteiger partial charge in [0.2, 0.25) is 0 Å². The zero-order valence-electron chi connectivity index (χ0n) is 11.8. The number of carbonyl (C=O) groups excluding carboxylic acids is 1. The highest BCUT2D eigenvalue weighted by Gasteiger charge is 2.25. The van der Waals surface area contributed by atoms with Crippen LogP contribution in [0.1, 0.15) is 16.8 Å². The number of carbonyl (C=O) groups is 1. The van der Waals surface area contributed by atoms with Gasteiger partial charge in [-0.25, -0.2) is 0 Å². The summed E-state index contributed by atoms with van der Waals surface area (Å²) in [6.07, 6.45) is 3.74. The first-order chi connectivity index (χ1) is 9.10. The van der Waals surface area contributed by atoms with Crippen molar-refractivity contribution >= 4 is 5.78 Å². The van der Waals surface area contributed by atoms with Crippen molar-refractivity contribution < 1.29 is 9.53 Å². The van der Waals surface area contributed by atoms with Gasteiger partial charge in [0, 0.05) is 43.9 Å². The Bertz CT molecular complexity index is 450. The number of ketones is 1. The molecule has 0 spiro atoms. The molecule has 0 aromatic carbocycles. The second-order valence-electron chi connectivity index (χ2n) is 5.14. The number of methoxy groups -OCH3 is 1. The van der Waals surface area contributed by atoms with Crippen LogP contribution < -0.4 is 4.74 Å². The number of piperazine rings is 1. The molecule has 1 aliphatic rings. The minimum atomic E-state index is 0.124. The highest BCUT2D eigenvalue weighted by molar-refractivity contribution is 5.96. The van der Waals surface area contributed by atoms with Gasteiger partial charge in [-0.2, -0.15) is 0 Å². The van der Waals surface area contributed by atoms with Crippen molar-refractivity contribution in [3.63, 3.8) is 0 Å². The molecule has 5 nitrogen and oxygen atoms in total. The van der Waals surface area contributed by atoms with E-state index in [1.54, 1.807) is 25.6 Å². The van der Waals surface area contributed by atoms with E-state index in [0.717, 1.165) is 19.6 Å². The van der Waals surface area contributed by atoms with Crippen molar-refractivity contribution in [3.05, 3.63) is 24.0 Å². The molecule has 0 saturated carbocycles. The molecule has 0 bridgehead atoms. The van der Waals surface area contributed by atoms with Crippen molar-refractivity contribution in [2.24, 2.45) is 0 Å². The van der Waals surface area contributed by atoms with Gasteiger partial charge in [0.05, 0.1) is 13.3 Å². The maximum atomic E-state index is 12.3. The summed E-state index contributed by atoms with van der Waals surface area (Å²) in [4.78, 5) is 20.8. The molecular weight excluding hydrogens is 242 g/mol. The van der Waals surface area contributed by atoms with Crippen LogP contribution in [0.15, 0.2) is 18.5 Å². The molecule has 1 atom stereocenters. The zero-order valence-corrected chi connectivity index (χ0v) is 11.8. The van der Waals surface area contributed by atoms with E-state index in [-0.39, 0.29) is 11.8 Å². The first kappa shape index (κ1) is 14.0. The molecule has 1 aliphatic heterocycles. The summed E-state index contributed by atoms with van der Waals surface area (Å²) in [6.45, 7) is 2.99. The van der Waals surface area contributed by atoms with E-state index < -0.39 is 0 Å². The van der Waals surface area contributed by atoms with E-state index in [4.69, 9.17) is 4.74 Å². The third-order valence-electron chi connectivity index (χ3n) is 3.67. The van der Waals surface area contributed by atoms with Gasteiger partial charge in [-0.3, -0.25) is 9.78 Å². The molecule has 2 rings (SSSR count). The minimum Gasteiger partial charge on any atom is -0.495 e. The number of ether oxygens (including phenoxy) is 1. The van der Waals surface area contributed by atoms with Crippen molar-refractivity contribution in [2.45, 2.75) is 12.5 Å². The smallest absolute Gasteiger partial charge is 0.166 e. The van der Waals surface area contributed by atoms with Crippen LogP contribution in [0.3, 0.4) is 0 Å². The Balaban J connectivity index is 2.03. The number of Topliss-reactive ketones (excluding diaryl/α,β-unsaturated/α-hetero) is 1. The Kier molecular flexibility index (Phi) is 4.50. The third-order valence-corrected chi connectivity index (χ3v) is 3.67. The van der Waals surface area contributed by atoms with Crippen LogP contribution in [0.5, 0.6) is 5.75 Å². The fourth-order valence-electron chi connectivity index (χ4n) is 2.34. The molecule has 0 amide bonds. The Morgan fingerprint density at radius 2 is 2.21 bits per heavy atom. The largest absolute Gasteiger partial charge is 0.495 e. The van der Waals surface area contributed by atoms with Crippen molar-refractivity contribution in [1.82, 2.24) is 14.8 Å². The van der Waals surface area contributed by atoms with E-state index in [2.05, 4.69) is 28.9 Å². The lowest BCUT2D eigenvalue weighted by atomic mass is 10.0. The van der Waals surface area contributed by atoms with Crippen LogP contribution in [0, 0.1) is 0 Å². The molecule has 1 saturated heterocycles. The predicted molar refractivity (Wildman–Crippen MR) is 73.7 cm³/mol. The van der Waals surface area contributed by atoms with Crippen LogP contribution in [-0.4, -0.2) is 67.4 Å². The van der Waals surface area contributed by atoms with E-state index >= 15 is 0 Å². The molecular formula is C14H21N3O2. The van der Waals surface area contributed by atoms with Crippen molar-refractivity contribution in [2.75, 3.05) is 40.8 Å². The highest BCUT2D eigenvalue weighted by atomic mass is 16.5. The molecule has 1 aromatic rings.